The fourth-order valence-electron chi connectivity index (χ4n) is 3.55. The Hall–Kier alpha value is -3.91. The number of thioether (sulfide) groups is 1. The van der Waals surface area contributed by atoms with Crippen molar-refractivity contribution in [3.8, 4) is 0 Å². The minimum atomic E-state index is -0.477. The highest BCUT2D eigenvalue weighted by atomic mass is 32.2. The highest BCUT2D eigenvalue weighted by Crippen LogP contribution is 2.27. The first-order chi connectivity index (χ1) is 16.1. The van der Waals surface area contributed by atoms with Crippen molar-refractivity contribution in [1.29, 1.82) is 0 Å². The van der Waals surface area contributed by atoms with E-state index >= 15 is 0 Å². The Labute approximate surface area is 193 Å². The number of rotatable bonds is 6. The highest BCUT2D eigenvalue weighted by molar-refractivity contribution is 7.98. The molecule has 5 rings (SSSR count). The smallest absolute Gasteiger partial charge is 0.338 e. The Morgan fingerprint density at radius 2 is 1.85 bits per heavy atom. The van der Waals surface area contributed by atoms with E-state index in [0.29, 0.717) is 27.9 Å². The number of benzene rings is 2. The Morgan fingerprint density at radius 1 is 1.03 bits per heavy atom. The van der Waals surface area contributed by atoms with E-state index in [1.165, 1.54) is 22.2 Å². The molecular weight excluding hydrogens is 438 g/mol. The quantitative estimate of drug-likeness (QED) is 0.268. The summed E-state index contributed by atoms with van der Waals surface area (Å²) in [6.07, 6.45) is 0. The summed E-state index contributed by atoms with van der Waals surface area (Å²) in [4.78, 5) is 34.2. The van der Waals surface area contributed by atoms with Gasteiger partial charge in [-0.2, -0.15) is 0 Å². The van der Waals surface area contributed by atoms with Crippen molar-refractivity contribution in [3.05, 3.63) is 106 Å². The first kappa shape index (κ1) is 21.0. The van der Waals surface area contributed by atoms with Gasteiger partial charge in [0.2, 0.25) is 0 Å². The van der Waals surface area contributed by atoms with Gasteiger partial charge in [-0.3, -0.25) is 9.20 Å². The predicted octanol–water partition coefficient (Wildman–Crippen LogP) is 4.79. The minimum absolute atomic E-state index is 0.0921. The van der Waals surface area contributed by atoms with Gasteiger partial charge in [0.05, 0.1) is 11.3 Å². The van der Waals surface area contributed by atoms with Crippen molar-refractivity contribution in [2.75, 3.05) is 0 Å². The molecule has 0 aliphatic heterocycles. The fraction of sp³-hybridized carbons (Fsp3) is 0.120. The molecule has 0 saturated heterocycles. The first-order valence-electron chi connectivity index (χ1n) is 10.3. The van der Waals surface area contributed by atoms with Crippen molar-refractivity contribution >= 4 is 34.5 Å². The Bertz CT molecular complexity index is 1510. The topological polar surface area (TPSA) is 86.7 Å². The van der Waals surface area contributed by atoms with Gasteiger partial charge in [-0.1, -0.05) is 48.2 Å². The predicted molar refractivity (Wildman–Crippen MR) is 125 cm³/mol. The largest absolute Gasteiger partial charge is 0.456 e. The number of hydrogen-bond donors (Lipinski definition) is 0. The number of pyridine rings is 1. The molecule has 3 aromatic heterocycles. The maximum Gasteiger partial charge on any atom is 0.338 e. The fourth-order valence-corrected chi connectivity index (χ4v) is 4.39. The average Bonchev–Trinajstić information content (AvgIpc) is 3.24. The molecule has 5 aromatic rings. The molecule has 0 aliphatic carbocycles. The van der Waals surface area contributed by atoms with E-state index in [0.717, 1.165) is 22.4 Å². The van der Waals surface area contributed by atoms with E-state index in [1.807, 2.05) is 55.5 Å². The van der Waals surface area contributed by atoms with Crippen LogP contribution in [0.4, 0.5) is 0 Å². The standard InChI is InChI=1S/C25H19N3O4S/c1-16-7-6-12-22-26-18(13-23(29)28(16)22)14-31-24(30)19-9-3-2-8-17(19)15-33-25-27-20-10-4-5-11-21(20)32-25/h2-13H,14-15H2,1H3. The summed E-state index contributed by atoms with van der Waals surface area (Å²) in [6, 6.07) is 21.6. The Kier molecular flexibility index (Phi) is 5.66. The number of ether oxygens (including phenoxy) is 1. The number of esters is 1. The number of fused-ring (bicyclic) bond motifs is 2. The van der Waals surface area contributed by atoms with Crippen LogP contribution in [0.2, 0.25) is 0 Å². The molecule has 8 heteroatoms. The third-order valence-electron chi connectivity index (χ3n) is 5.15. The third kappa shape index (κ3) is 4.38. The van der Waals surface area contributed by atoms with Gasteiger partial charge in [0.15, 0.2) is 5.58 Å². The minimum Gasteiger partial charge on any atom is -0.456 e. The van der Waals surface area contributed by atoms with Crippen LogP contribution in [0.15, 0.2) is 87.2 Å². The second kappa shape index (κ2) is 8.91. The number of carbonyl (C=O) groups is 1. The van der Waals surface area contributed by atoms with E-state index in [2.05, 4.69) is 9.97 Å². The van der Waals surface area contributed by atoms with E-state index in [-0.39, 0.29) is 12.2 Å². The first-order valence-corrected chi connectivity index (χ1v) is 11.3. The van der Waals surface area contributed by atoms with Gasteiger partial charge < -0.3 is 9.15 Å². The van der Waals surface area contributed by atoms with Crippen molar-refractivity contribution < 1.29 is 13.9 Å². The molecule has 164 valence electrons. The molecule has 3 heterocycles. The lowest BCUT2D eigenvalue weighted by Crippen LogP contribution is -2.18. The number of aromatic nitrogens is 3. The summed E-state index contributed by atoms with van der Waals surface area (Å²) in [6.45, 7) is 1.75. The summed E-state index contributed by atoms with van der Waals surface area (Å²) in [5, 5.41) is 0.538. The average molecular weight is 458 g/mol. The Morgan fingerprint density at radius 3 is 2.73 bits per heavy atom. The molecule has 0 atom stereocenters. The van der Waals surface area contributed by atoms with Gasteiger partial charge in [0.1, 0.15) is 17.8 Å². The van der Waals surface area contributed by atoms with Crippen LogP contribution in [0.3, 0.4) is 0 Å². The van der Waals surface area contributed by atoms with Gasteiger partial charge in [0, 0.05) is 17.5 Å². The van der Waals surface area contributed by atoms with Crippen LogP contribution in [-0.4, -0.2) is 20.3 Å². The highest BCUT2D eigenvalue weighted by Gasteiger charge is 2.15. The van der Waals surface area contributed by atoms with Gasteiger partial charge in [-0.15, -0.1) is 0 Å². The second-order valence-electron chi connectivity index (χ2n) is 7.42. The van der Waals surface area contributed by atoms with Crippen LogP contribution in [0, 0.1) is 6.92 Å². The molecule has 7 nitrogen and oxygen atoms in total. The summed E-state index contributed by atoms with van der Waals surface area (Å²) >= 11 is 1.41. The summed E-state index contributed by atoms with van der Waals surface area (Å²) in [7, 11) is 0. The van der Waals surface area contributed by atoms with Gasteiger partial charge in [0.25, 0.3) is 10.8 Å². The van der Waals surface area contributed by atoms with E-state index < -0.39 is 5.97 Å². The maximum absolute atomic E-state index is 12.8. The van der Waals surface area contributed by atoms with Gasteiger partial charge >= 0.3 is 5.97 Å². The molecule has 33 heavy (non-hydrogen) atoms. The van der Waals surface area contributed by atoms with Crippen LogP contribution < -0.4 is 5.56 Å². The zero-order valence-corrected chi connectivity index (χ0v) is 18.5. The molecule has 2 aromatic carbocycles. The number of nitrogens with zero attached hydrogens (tertiary/aromatic N) is 3. The molecule has 0 spiro atoms. The van der Waals surface area contributed by atoms with Crippen LogP contribution in [0.25, 0.3) is 16.7 Å². The van der Waals surface area contributed by atoms with Crippen LogP contribution in [-0.2, 0) is 17.1 Å². The number of carbonyl (C=O) groups excluding carboxylic acids is 1. The van der Waals surface area contributed by atoms with E-state index in [1.54, 1.807) is 18.2 Å². The maximum atomic E-state index is 12.8. The lowest BCUT2D eigenvalue weighted by Gasteiger charge is -2.10. The van der Waals surface area contributed by atoms with E-state index in [4.69, 9.17) is 9.15 Å². The van der Waals surface area contributed by atoms with Crippen LogP contribution >= 0.6 is 11.8 Å². The van der Waals surface area contributed by atoms with Crippen molar-refractivity contribution in [1.82, 2.24) is 14.4 Å². The summed E-state index contributed by atoms with van der Waals surface area (Å²) in [5.41, 5.74) is 4.27. The number of hydrogen-bond acceptors (Lipinski definition) is 7. The molecule has 0 N–H and O–H groups in total. The van der Waals surface area contributed by atoms with Gasteiger partial charge in [-0.05, 0) is 42.8 Å². The summed E-state index contributed by atoms with van der Waals surface area (Å²) < 4.78 is 12.8. The molecule has 0 fully saturated rings. The number of aryl methyl sites for hydroxylation is 1. The zero-order valence-electron chi connectivity index (χ0n) is 17.7. The third-order valence-corrected chi connectivity index (χ3v) is 6.02. The zero-order chi connectivity index (χ0) is 22.8. The molecule has 0 unspecified atom stereocenters. The number of para-hydroxylation sites is 2. The Balaban J connectivity index is 1.30. The van der Waals surface area contributed by atoms with Crippen molar-refractivity contribution in [3.63, 3.8) is 0 Å². The lowest BCUT2D eigenvalue weighted by atomic mass is 10.1. The van der Waals surface area contributed by atoms with Crippen LogP contribution in [0.5, 0.6) is 0 Å². The number of oxazole rings is 1. The van der Waals surface area contributed by atoms with Crippen molar-refractivity contribution in [2.24, 2.45) is 0 Å². The molecule has 0 aliphatic rings. The monoisotopic (exact) mass is 457 g/mol. The lowest BCUT2D eigenvalue weighted by molar-refractivity contribution is 0.0466. The molecule has 0 bridgehead atoms. The van der Waals surface area contributed by atoms with Gasteiger partial charge in [-0.25, -0.2) is 14.8 Å². The van der Waals surface area contributed by atoms with Crippen LogP contribution in [0.1, 0.15) is 27.3 Å². The molecule has 0 amide bonds. The summed E-state index contributed by atoms with van der Waals surface area (Å²) in [5.74, 6) is 0.0162. The second-order valence-corrected chi connectivity index (χ2v) is 8.34. The molecule has 0 saturated carbocycles. The molecular formula is C25H19N3O4S. The van der Waals surface area contributed by atoms with Crippen molar-refractivity contribution in [2.45, 2.75) is 24.5 Å². The molecule has 0 radical (unpaired) electrons. The van der Waals surface area contributed by atoms with E-state index in [9.17, 15) is 9.59 Å². The SMILES string of the molecule is Cc1cccc2nc(COC(=O)c3ccccc3CSc3nc4ccccc4o3)cc(=O)n12. The normalized spacial score (nSPS) is 11.2.